The predicted octanol–water partition coefficient (Wildman–Crippen LogP) is 0.154. The first-order valence-corrected chi connectivity index (χ1v) is 3.94. The van der Waals surface area contributed by atoms with Gasteiger partial charge in [0.15, 0.2) is 6.79 Å². The second kappa shape index (κ2) is 4.66. The van der Waals surface area contributed by atoms with E-state index in [1.165, 1.54) is 0 Å². The summed E-state index contributed by atoms with van der Waals surface area (Å²) in [6.07, 6.45) is 3.56. The van der Waals surface area contributed by atoms with Crippen LogP contribution in [0.15, 0.2) is 0 Å². The van der Waals surface area contributed by atoms with Crippen molar-refractivity contribution in [3.63, 3.8) is 0 Å². The van der Waals surface area contributed by atoms with E-state index in [0.29, 0.717) is 0 Å². The fraction of sp³-hybridized carbons (Fsp3) is 1.00. The Labute approximate surface area is 66.2 Å². The number of rotatable bonds is 3. The van der Waals surface area contributed by atoms with Gasteiger partial charge in [0.05, 0.1) is 12.2 Å². The van der Waals surface area contributed by atoms with Crippen molar-refractivity contribution in [2.24, 2.45) is 5.90 Å². The zero-order chi connectivity index (χ0) is 8.10. The van der Waals surface area contributed by atoms with Gasteiger partial charge in [-0.1, -0.05) is 0 Å². The molecule has 0 aliphatic heterocycles. The van der Waals surface area contributed by atoms with E-state index >= 15 is 0 Å². The van der Waals surface area contributed by atoms with Crippen LogP contribution in [0, 0.1) is 0 Å². The minimum Gasteiger partial charge on any atom is -0.393 e. The average molecular weight is 161 g/mol. The van der Waals surface area contributed by atoms with Crippen LogP contribution in [0.1, 0.15) is 25.7 Å². The monoisotopic (exact) mass is 161 g/mol. The van der Waals surface area contributed by atoms with E-state index in [1.807, 2.05) is 0 Å². The van der Waals surface area contributed by atoms with Crippen LogP contribution >= 0.6 is 0 Å². The van der Waals surface area contributed by atoms with Crippen molar-refractivity contribution in [3.05, 3.63) is 0 Å². The lowest BCUT2D eigenvalue weighted by Crippen LogP contribution is -2.25. The maximum absolute atomic E-state index is 9.14. The highest BCUT2D eigenvalue weighted by molar-refractivity contribution is 4.70. The van der Waals surface area contributed by atoms with Crippen LogP contribution in [0.2, 0.25) is 0 Å². The Balaban J connectivity index is 2.07. The number of hydrogen-bond acceptors (Lipinski definition) is 4. The molecule has 0 amide bonds. The summed E-state index contributed by atoms with van der Waals surface area (Å²) in [7, 11) is 0. The van der Waals surface area contributed by atoms with Gasteiger partial charge in [0.2, 0.25) is 0 Å². The lowest BCUT2D eigenvalue weighted by Gasteiger charge is -2.24. The summed E-state index contributed by atoms with van der Waals surface area (Å²) in [5.41, 5.74) is 0. The summed E-state index contributed by atoms with van der Waals surface area (Å²) in [5.74, 6) is 4.80. The van der Waals surface area contributed by atoms with Crippen LogP contribution in [0.3, 0.4) is 0 Å². The Morgan fingerprint density at radius 2 is 1.91 bits per heavy atom. The fourth-order valence-corrected chi connectivity index (χ4v) is 1.35. The molecule has 0 spiro atoms. The molecule has 4 nitrogen and oxygen atoms in total. The quantitative estimate of drug-likeness (QED) is 0.457. The molecular formula is C7H15NO3. The molecule has 0 unspecified atom stereocenters. The third-order valence-electron chi connectivity index (χ3n) is 2.02. The lowest BCUT2D eigenvalue weighted by atomic mass is 9.95. The Hall–Kier alpha value is -0.160. The van der Waals surface area contributed by atoms with E-state index in [2.05, 4.69) is 4.84 Å². The minimum atomic E-state index is -0.131. The number of ether oxygens (including phenoxy) is 1. The summed E-state index contributed by atoms with van der Waals surface area (Å²) in [6.45, 7) is 0.154. The average Bonchev–Trinajstić information content (AvgIpc) is 2.04. The Kier molecular flexibility index (Phi) is 3.79. The van der Waals surface area contributed by atoms with Crippen molar-refractivity contribution in [2.45, 2.75) is 37.9 Å². The van der Waals surface area contributed by atoms with Crippen LogP contribution in [0.25, 0.3) is 0 Å². The van der Waals surface area contributed by atoms with Crippen LogP contribution in [0.4, 0.5) is 0 Å². The molecule has 1 rings (SSSR count). The molecule has 1 aliphatic rings. The van der Waals surface area contributed by atoms with Crippen molar-refractivity contribution in [1.82, 2.24) is 0 Å². The van der Waals surface area contributed by atoms with Crippen molar-refractivity contribution in [3.8, 4) is 0 Å². The number of aliphatic hydroxyl groups excluding tert-OH is 1. The molecule has 0 aromatic carbocycles. The van der Waals surface area contributed by atoms with E-state index in [1.54, 1.807) is 0 Å². The molecule has 4 heteroatoms. The summed E-state index contributed by atoms with van der Waals surface area (Å²) >= 11 is 0. The van der Waals surface area contributed by atoms with E-state index < -0.39 is 0 Å². The molecule has 1 fully saturated rings. The van der Waals surface area contributed by atoms with Crippen molar-refractivity contribution >= 4 is 0 Å². The lowest BCUT2D eigenvalue weighted by molar-refractivity contribution is -0.107. The Morgan fingerprint density at radius 3 is 2.45 bits per heavy atom. The molecule has 0 radical (unpaired) electrons. The van der Waals surface area contributed by atoms with Gasteiger partial charge in [-0.25, -0.2) is 5.90 Å². The molecule has 66 valence electrons. The van der Waals surface area contributed by atoms with Gasteiger partial charge in [-0.3, -0.25) is 4.84 Å². The minimum absolute atomic E-state index is 0.131. The van der Waals surface area contributed by atoms with Gasteiger partial charge < -0.3 is 9.84 Å². The van der Waals surface area contributed by atoms with Gasteiger partial charge in [-0.05, 0) is 25.7 Å². The summed E-state index contributed by atoms with van der Waals surface area (Å²) in [4.78, 5) is 4.29. The molecular weight excluding hydrogens is 146 g/mol. The standard InChI is InChI=1S/C7H15NO3/c8-11-5-10-7-3-1-6(9)2-4-7/h6-7,9H,1-5,8H2. The molecule has 1 saturated carbocycles. The van der Waals surface area contributed by atoms with Crippen LogP contribution in [0.5, 0.6) is 0 Å². The Bertz CT molecular complexity index is 99.1. The maximum Gasteiger partial charge on any atom is 0.166 e. The molecule has 0 heterocycles. The molecule has 3 N–H and O–H groups in total. The van der Waals surface area contributed by atoms with E-state index in [4.69, 9.17) is 15.7 Å². The van der Waals surface area contributed by atoms with E-state index in [-0.39, 0.29) is 19.0 Å². The molecule has 1 aliphatic carbocycles. The van der Waals surface area contributed by atoms with Crippen LogP contribution in [-0.4, -0.2) is 24.1 Å². The summed E-state index contributed by atoms with van der Waals surface area (Å²) in [5, 5.41) is 9.14. The first kappa shape index (κ1) is 8.93. The molecule has 0 aromatic heterocycles. The largest absolute Gasteiger partial charge is 0.393 e. The normalized spacial score (nSPS) is 32.2. The molecule has 0 atom stereocenters. The smallest absolute Gasteiger partial charge is 0.166 e. The van der Waals surface area contributed by atoms with Crippen molar-refractivity contribution < 1.29 is 14.7 Å². The van der Waals surface area contributed by atoms with E-state index in [9.17, 15) is 0 Å². The van der Waals surface area contributed by atoms with Gasteiger partial charge in [0.1, 0.15) is 0 Å². The highest BCUT2D eigenvalue weighted by Gasteiger charge is 2.19. The van der Waals surface area contributed by atoms with Gasteiger partial charge in [0.25, 0.3) is 0 Å². The molecule has 0 bridgehead atoms. The van der Waals surface area contributed by atoms with Gasteiger partial charge in [0, 0.05) is 0 Å². The molecule has 0 aromatic rings. The van der Waals surface area contributed by atoms with Crippen LogP contribution in [-0.2, 0) is 9.57 Å². The zero-order valence-electron chi connectivity index (χ0n) is 6.53. The number of aliphatic hydroxyl groups is 1. The number of hydrogen-bond donors (Lipinski definition) is 2. The van der Waals surface area contributed by atoms with Gasteiger partial charge in [-0.2, -0.15) is 0 Å². The SMILES string of the molecule is NOCOC1CCC(O)CC1. The third kappa shape index (κ3) is 3.16. The second-order valence-electron chi connectivity index (χ2n) is 2.88. The van der Waals surface area contributed by atoms with Crippen molar-refractivity contribution in [1.29, 1.82) is 0 Å². The maximum atomic E-state index is 9.14. The van der Waals surface area contributed by atoms with E-state index in [0.717, 1.165) is 25.7 Å². The topological polar surface area (TPSA) is 64.7 Å². The number of nitrogens with two attached hydrogens (primary N) is 1. The molecule has 11 heavy (non-hydrogen) atoms. The Morgan fingerprint density at radius 1 is 1.27 bits per heavy atom. The predicted molar refractivity (Wildman–Crippen MR) is 39.5 cm³/mol. The summed E-state index contributed by atoms with van der Waals surface area (Å²) in [6, 6.07) is 0. The zero-order valence-corrected chi connectivity index (χ0v) is 6.53. The molecule has 0 saturated heterocycles. The third-order valence-corrected chi connectivity index (χ3v) is 2.02. The second-order valence-corrected chi connectivity index (χ2v) is 2.88. The van der Waals surface area contributed by atoms with Crippen LogP contribution < -0.4 is 5.90 Å². The highest BCUT2D eigenvalue weighted by atomic mass is 16.7. The van der Waals surface area contributed by atoms with Gasteiger partial charge >= 0.3 is 0 Å². The first-order chi connectivity index (χ1) is 5.33. The van der Waals surface area contributed by atoms with Crippen molar-refractivity contribution in [2.75, 3.05) is 6.79 Å². The summed E-state index contributed by atoms with van der Waals surface area (Å²) < 4.78 is 5.22. The highest BCUT2D eigenvalue weighted by Crippen LogP contribution is 2.20. The fourth-order valence-electron chi connectivity index (χ4n) is 1.35. The first-order valence-electron chi connectivity index (χ1n) is 3.94. The van der Waals surface area contributed by atoms with Gasteiger partial charge in [-0.15, -0.1) is 0 Å².